The molecule has 0 aliphatic carbocycles. The molecule has 0 bridgehead atoms. The first-order valence-corrected chi connectivity index (χ1v) is 3.24. The van der Waals surface area contributed by atoms with E-state index in [1.54, 1.807) is 12.1 Å². The van der Waals surface area contributed by atoms with Gasteiger partial charge in [0.05, 0.1) is 0 Å². The Labute approximate surface area is 60.3 Å². The molecular formula is C8H11NO. The van der Waals surface area contributed by atoms with Crippen molar-refractivity contribution >= 4 is 0 Å². The molecule has 0 aliphatic heterocycles. The van der Waals surface area contributed by atoms with Crippen LogP contribution in [0.1, 0.15) is 18.5 Å². The van der Waals surface area contributed by atoms with E-state index in [0.717, 1.165) is 5.56 Å². The average Bonchev–Trinajstić information content (AvgIpc) is 1.88. The standard InChI is InChI=1S/C8H11NO/c1-6(9)7-2-4-8(10)5-3-7/h2-6,10H,9H2,1H3. The summed E-state index contributed by atoms with van der Waals surface area (Å²) in [7, 11) is 0. The maximum Gasteiger partial charge on any atom is 0.115 e. The Kier molecular flexibility index (Phi) is 1.92. The van der Waals surface area contributed by atoms with Crippen LogP contribution in [-0.2, 0) is 0 Å². The van der Waals surface area contributed by atoms with Gasteiger partial charge in [0, 0.05) is 6.04 Å². The second-order valence-corrected chi connectivity index (χ2v) is 2.38. The van der Waals surface area contributed by atoms with Crippen LogP contribution < -0.4 is 5.73 Å². The highest BCUT2D eigenvalue weighted by Crippen LogP contribution is 2.13. The van der Waals surface area contributed by atoms with Crippen molar-refractivity contribution < 1.29 is 5.11 Å². The highest BCUT2D eigenvalue weighted by atomic mass is 16.3. The second-order valence-electron chi connectivity index (χ2n) is 2.38. The lowest BCUT2D eigenvalue weighted by atomic mass is 10.1. The molecule has 0 aromatic heterocycles. The van der Waals surface area contributed by atoms with Crippen LogP contribution in [0.5, 0.6) is 5.75 Å². The normalized spacial score (nSPS) is 13.0. The van der Waals surface area contributed by atoms with Gasteiger partial charge in [0.2, 0.25) is 0 Å². The van der Waals surface area contributed by atoms with Crippen molar-refractivity contribution in [1.29, 1.82) is 0 Å². The average molecular weight is 137 g/mol. The zero-order valence-corrected chi connectivity index (χ0v) is 5.91. The van der Waals surface area contributed by atoms with Crippen molar-refractivity contribution in [3.05, 3.63) is 29.8 Å². The summed E-state index contributed by atoms with van der Waals surface area (Å²) in [5.74, 6) is 0.282. The highest BCUT2D eigenvalue weighted by Gasteiger charge is 1.96. The largest absolute Gasteiger partial charge is 0.508 e. The number of hydrogen-bond acceptors (Lipinski definition) is 2. The van der Waals surface area contributed by atoms with Gasteiger partial charge in [-0.3, -0.25) is 0 Å². The summed E-state index contributed by atoms with van der Waals surface area (Å²) in [5, 5.41) is 8.90. The monoisotopic (exact) mass is 137 g/mol. The molecule has 1 aromatic carbocycles. The predicted octanol–water partition coefficient (Wildman–Crippen LogP) is 1.41. The molecule has 1 unspecified atom stereocenters. The van der Waals surface area contributed by atoms with E-state index in [0.29, 0.717) is 0 Å². The first-order valence-electron chi connectivity index (χ1n) is 3.24. The molecule has 0 fully saturated rings. The third kappa shape index (κ3) is 1.48. The lowest BCUT2D eigenvalue weighted by Gasteiger charge is -2.03. The van der Waals surface area contributed by atoms with Crippen molar-refractivity contribution in [3.8, 4) is 5.75 Å². The van der Waals surface area contributed by atoms with Crippen LogP contribution in [0.3, 0.4) is 0 Å². The van der Waals surface area contributed by atoms with Crippen LogP contribution in [0, 0.1) is 0 Å². The molecule has 1 aromatic rings. The number of aromatic hydroxyl groups is 1. The summed E-state index contributed by atoms with van der Waals surface area (Å²) >= 11 is 0. The van der Waals surface area contributed by atoms with Crippen molar-refractivity contribution in [1.82, 2.24) is 0 Å². The van der Waals surface area contributed by atoms with E-state index in [1.807, 2.05) is 19.1 Å². The van der Waals surface area contributed by atoms with Crippen LogP contribution in [0.15, 0.2) is 24.3 Å². The molecule has 0 saturated heterocycles. The van der Waals surface area contributed by atoms with Crippen LogP contribution in [0.4, 0.5) is 0 Å². The molecule has 10 heavy (non-hydrogen) atoms. The lowest BCUT2D eigenvalue weighted by molar-refractivity contribution is 0.475. The first-order chi connectivity index (χ1) is 4.70. The minimum atomic E-state index is 0.0422. The fraction of sp³-hybridized carbons (Fsp3) is 0.250. The summed E-state index contributed by atoms with van der Waals surface area (Å²) in [4.78, 5) is 0. The zero-order valence-electron chi connectivity index (χ0n) is 5.91. The van der Waals surface area contributed by atoms with Crippen molar-refractivity contribution in [2.75, 3.05) is 0 Å². The summed E-state index contributed by atoms with van der Waals surface area (Å²) in [6.45, 7) is 1.91. The molecule has 0 spiro atoms. The molecule has 0 radical (unpaired) electrons. The summed E-state index contributed by atoms with van der Waals surface area (Å²) in [6.07, 6.45) is 0. The smallest absolute Gasteiger partial charge is 0.115 e. The van der Waals surface area contributed by atoms with E-state index in [-0.39, 0.29) is 11.8 Å². The molecule has 54 valence electrons. The van der Waals surface area contributed by atoms with Crippen molar-refractivity contribution in [2.45, 2.75) is 13.0 Å². The van der Waals surface area contributed by atoms with Gasteiger partial charge in [0.25, 0.3) is 0 Å². The third-order valence-corrected chi connectivity index (χ3v) is 1.42. The molecule has 2 heteroatoms. The fourth-order valence-electron chi connectivity index (χ4n) is 0.778. The SMILES string of the molecule is CC(N)c1ccc(O)cc1. The third-order valence-electron chi connectivity index (χ3n) is 1.42. The van der Waals surface area contributed by atoms with Gasteiger partial charge in [-0.05, 0) is 24.6 Å². The summed E-state index contributed by atoms with van der Waals surface area (Å²) in [5.41, 5.74) is 6.62. The number of rotatable bonds is 1. The molecule has 0 heterocycles. The fourth-order valence-corrected chi connectivity index (χ4v) is 0.778. The molecule has 0 amide bonds. The molecule has 0 aliphatic rings. The Morgan fingerprint density at radius 1 is 1.30 bits per heavy atom. The zero-order chi connectivity index (χ0) is 7.56. The van der Waals surface area contributed by atoms with Gasteiger partial charge in [-0.1, -0.05) is 12.1 Å². The van der Waals surface area contributed by atoms with Crippen molar-refractivity contribution in [2.24, 2.45) is 5.73 Å². The van der Waals surface area contributed by atoms with E-state index >= 15 is 0 Å². The van der Waals surface area contributed by atoms with Crippen LogP contribution in [0.25, 0.3) is 0 Å². The van der Waals surface area contributed by atoms with Gasteiger partial charge in [-0.25, -0.2) is 0 Å². The maximum atomic E-state index is 8.90. The first kappa shape index (κ1) is 7.09. The van der Waals surface area contributed by atoms with E-state index in [4.69, 9.17) is 10.8 Å². The topological polar surface area (TPSA) is 46.2 Å². The minimum Gasteiger partial charge on any atom is -0.508 e. The second kappa shape index (κ2) is 2.71. The molecule has 3 N–H and O–H groups in total. The minimum absolute atomic E-state index is 0.0422. The van der Waals surface area contributed by atoms with Crippen LogP contribution in [-0.4, -0.2) is 5.11 Å². The van der Waals surface area contributed by atoms with Gasteiger partial charge in [-0.15, -0.1) is 0 Å². The Balaban J connectivity index is 2.89. The molecule has 0 saturated carbocycles. The van der Waals surface area contributed by atoms with Gasteiger partial charge >= 0.3 is 0 Å². The van der Waals surface area contributed by atoms with Gasteiger partial charge in [-0.2, -0.15) is 0 Å². The van der Waals surface area contributed by atoms with E-state index in [2.05, 4.69) is 0 Å². The number of phenolic OH excluding ortho intramolecular Hbond substituents is 1. The highest BCUT2D eigenvalue weighted by molar-refractivity contribution is 5.27. The number of phenols is 1. The van der Waals surface area contributed by atoms with Gasteiger partial charge in [0.15, 0.2) is 0 Å². The lowest BCUT2D eigenvalue weighted by Crippen LogP contribution is -2.03. The van der Waals surface area contributed by atoms with Gasteiger partial charge in [0.1, 0.15) is 5.75 Å². The number of nitrogens with two attached hydrogens (primary N) is 1. The molecular weight excluding hydrogens is 126 g/mol. The Hall–Kier alpha value is -1.02. The van der Waals surface area contributed by atoms with E-state index in [9.17, 15) is 0 Å². The van der Waals surface area contributed by atoms with Gasteiger partial charge < -0.3 is 10.8 Å². The molecule has 1 atom stereocenters. The van der Waals surface area contributed by atoms with Crippen molar-refractivity contribution in [3.63, 3.8) is 0 Å². The Morgan fingerprint density at radius 2 is 1.80 bits per heavy atom. The van der Waals surface area contributed by atoms with Crippen LogP contribution in [0.2, 0.25) is 0 Å². The number of hydrogen-bond donors (Lipinski definition) is 2. The van der Waals surface area contributed by atoms with Crippen LogP contribution >= 0.6 is 0 Å². The molecule has 1 rings (SSSR count). The molecule has 2 nitrogen and oxygen atoms in total. The Bertz CT molecular complexity index is 203. The predicted molar refractivity (Wildman–Crippen MR) is 40.7 cm³/mol. The summed E-state index contributed by atoms with van der Waals surface area (Å²) in [6, 6.07) is 6.96. The quantitative estimate of drug-likeness (QED) is 0.614. The number of benzene rings is 1. The Morgan fingerprint density at radius 3 is 2.20 bits per heavy atom. The maximum absolute atomic E-state index is 8.90. The van der Waals surface area contributed by atoms with E-state index < -0.39 is 0 Å². The van der Waals surface area contributed by atoms with E-state index in [1.165, 1.54) is 0 Å². The summed E-state index contributed by atoms with van der Waals surface area (Å²) < 4.78 is 0.